The summed E-state index contributed by atoms with van der Waals surface area (Å²) in [6.07, 6.45) is 7.05. The minimum absolute atomic E-state index is 0.236. The minimum atomic E-state index is -0.367. The van der Waals surface area contributed by atoms with Gasteiger partial charge in [-0.15, -0.1) is 11.8 Å². The summed E-state index contributed by atoms with van der Waals surface area (Å²) in [6, 6.07) is 5.94. The maximum Gasteiger partial charge on any atom is 0.407 e. The zero-order valence-corrected chi connectivity index (χ0v) is 13.9. The fourth-order valence-electron chi connectivity index (χ4n) is 2.15. The molecule has 0 radical (unpaired) electrons. The van der Waals surface area contributed by atoms with Crippen LogP contribution in [-0.2, 0) is 4.74 Å². The first-order valence-electron chi connectivity index (χ1n) is 7.87. The molecular formula is C16H23N3O3S. The Hall–Kier alpha value is -1.73. The molecule has 2 rings (SSSR count). The third-order valence-electron chi connectivity index (χ3n) is 3.31. The van der Waals surface area contributed by atoms with Crippen molar-refractivity contribution in [3.63, 3.8) is 0 Å². The summed E-state index contributed by atoms with van der Waals surface area (Å²) < 4.78 is 7.16. The number of aliphatic hydroxyl groups excluding tert-OH is 1. The maximum absolute atomic E-state index is 11.5. The molecule has 0 aromatic carbocycles. The van der Waals surface area contributed by atoms with Crippen LogP contribution in [0.25, 0.3) is 5.65 Å². The van der Waals surface area contributed by atoms with Crippen LogP contribution < -0.4 is 5.32 Å². The number of ether oxygens (including phenoxy) is 1. The summed E-state index contributed by atoms with van der Waals surface area (Å²) in [5.41, 5.74) is 0.912. The number of alkyl carbamates (subject to hydrolysis) is 1. The summed E-state index contributed by atoms with van der Waals surface area (Å²) in [5, 5.41) is 12.5. The number of unbranched alkanes of at least 4 members (excludes halogenated alkanes) is 3. The largest absolute Gasteiger partial charge is 0.449 e. The highest BCUT2D eigenvalue weighted by Gasteiger charge is 2.03. The highest BCUT2D eigenvalue weighted by molar-refractivity contribution is 7.99. The molecule has 0 spiro atoms. The summed E-state index contributed by atoms with van der Waals surface area (Å²) in [6.45, 7) is 1.22. The molecule has 0 bridgehead atoms. The van der Waals surface area contributed by atoms with Crippen molar-refractivity contribution in [3.8, 4) is 0 Å². The van der Waals surface area contributed by atoms with E-state index in [-0.39, 0.29) is 12.7 Å². The van der Waals surface area contributed by atoms with Crippen LogP contribution in [0.2, 0.25) is 0 Å². The normalized spacial score (nSPS) is 10.8. The molecule has 0 aliphatic rings. The fourth-order valence-corrected chi connectivity index (χ4v) is 3.00. The SMILES string of the molecule is O=C(NCCCCCCO)OCCSc1cccc2nccn12. The van der Waals surface area contributed by atoms with E-state index >= 15 is 0 Å². The number of amides is 1. The molecule has 0 atom stereocenters. The van der Waals surface area contributed by atoms with Crippen LogP contribution in [-0.4, -0.2) is 46.1 Å². The van der Waals surface area contributed by atoms with Crippen LogP contribution in [0.5, 0.6) is 0 Å². The number of nitrogens with one attached hydrogen (secondary N) is 1. The van der Waals surface area contributed by atoms with Gasteiger partial charge >= 0.3 is 6.09 Å². The lowest BCUT2D eigenvalue weighted by Crippen LogP contribution is -2.26. The molecule has 0 aliphatic heterocycles. The zero-order valence-electron chi connectivity index (χ0n) is 13.1. The Kier molecular flexibility index (Phi) is 7.75. The van der Waals surface area contributed by atoms with Crippen molar-refractivity contribution in [1.82, 2.24) is 14.7 Å². The minimum Gasteiger partial charge on any atom is -0.449 e. The Labute approximate surface area is 140 Å². The molecule has 7 heteroatoms. The number of hydrogen-bond acceptors (Lipinski definition) is 5. The van der Waals surface area contributed by atoms with Gasteiger partial charge in [-0.1, -0.05) is 18.9 Å². The van der Waals surface area contributed by atoms with Gasteiger partial charge in [0.05, 0.1) is 5.03 Å². The van der Waals surface area contributed by atoms with Crippen LogP contribution in [0.1, 0.15) is 25.7 Å². The monoisotopic (exact) mass is 337 g/mol. The predicted octanol–water partition coefficient (Wildman–Crippen LogP) is 2.71. The zero-order chi connectivity index (χ0) is 16.3. The molecule has 126 valence electrons. The molecule has 0 saturated heterocycles. The van der Waals surface area contributed by atoms with Gasteiger partial charge in [0, 0.05) is 31.3 Å². The van der Waals surface area contributed by atoms with Gasteiger partial charge in [-0.25, -0.2) is 9.78 Å². The van der Waals surface area contributed by atoms with Crippen molar-refractivity contribution in [2.24, 2.45) is 0 Å². The highest BCUT2D eigenvalue weighted by atomic mass is 32.2. The van der Waals surface area contributed by atoms with Crippen molar-refractivity contribution in [2.45, 2.75) is 30.7 Å². The smallest absolute Gasteiger partial charge is 0.407 e. The molecular weight excluding hydrogens is 314 g/mol. The van der Waals surface area contributed by atoms with Gasteiger partial charge < -0.3 is 15.2 Å². The van der Waals surface area contributed by atoms with E-state index in [1.165, 1.54) is 0 Å². The number of nitrogens with zero attached hydrogens (tertiary/aromatic N) is 2. The highest BCUT2D eigenvalue weighted by Crippen LogP contribution is 2.18. The quantitative estimate of drug-likeness (QED) is 0.515. The molecule has 2 aromatic rings. The van der Waals surface area contributed by atoms with Gasteiger partial charge in [0.1, 0.15) is 12.3 Å². The first-order valence-corrected chi connectivity index (χ1v) is 8.86. The molecule has 0 saturated carbocycles. The molecule has 0 aliphatic carbocycles. The molecule has 2 aromatic heterocycles. The Morgan fingerprint density at radius 3 is 3.04 bits per heavy atom. The third kappa shape index (κ3) is 6.11. The number of pyridine rings is 1. The standard InChI is InChI=1S/C16H23N3O3S/c20-11-4-2-1-3-8-18-16(21)22-12-13-23-15-7-5-6-14-17-9-10-19(14)15/h5-7,9-10,20H,1-4,8,11-13H2,(H,18,21). The number of imidazole rings is 1. The van der Waals surface area contributed by atoms with Gasteiger partial charge in [0.25, 0.3) is 0 Å². The van der Waals surface area contributed by atoms with Gasteiger partial charge in [0.15, 0.2) is 0 Å². The van der Waals surface area contributed by atoms with E-state index in [0.717, 1.165) is 36.4 Å². The number of rotatable bonds is 10. The Morgan fingerprint density at radius 2 is 2.17 bits per heavy atom. The summed E-state index contributed by atoms with van der Waals surface area (Å²) in [5.74, 6) is 0.696. The molecule has 0 fully saturated rings. The summed E-state index contributed by atoms with van der Waals surface area (Å²) >= 11 is 1.63. The Bertz CT molecular complexity index is 603. The van der Waals surface area contributed by atoms with Gasteiger partial charge in [-0.2, -0.15) is 0 Å². The van der Waals surface area contributed by atoms with Gasteiger partial charge in [0.2, 0.25) is 0 Å². The van der Waals surface area contributed by atoms with Crippen LogP contribution in [0.4, 0.5) is 4.79 Å². The molecule has 2 N–H and O–H groups in total. The first kappa shape index (κ1) is 17.6. The molecule has 0 unspecified atom stereocenters. The lowest BCUT2D eigenvalue weighted by molar-refractivity contribution is 0.153. The lowest BCUT2D eigenvalue weighted by Gasteiger charge is -2.08. The third-order valence-corrected chi connectivity index (χ3v) is 4.31. The van der Waals surface area contributed by atoms with Crippen LogP contribution in [0.15, 0.2) is 35.6 Å². The number of carbonyl (C=O) groups excluding carboxylic acids is 1. The van der Waals surface area contributed by atoms with E-state index in [1.54, 1.807) is 18.0 Å². The fraction of sp³-hybridized carbons (Fsp3) is 0.500. The number of fused-ring (bicyclic) bond motifs is 1. The van der Waals surface area contributed by atoms with Crippen molar-refractivity contribution in [2.75, 3.05) is 25.5 Å². The summed E-state index contributed by atoms with van der Waals surface area (Å²) in [7, 11) is 0. The van der Waals surface area contributed by atoms with E-state index in [0.29, 0.717) is 18.9 Å². The van der Waals surface area contributed by atoms with E-state index in [9.17, 15) is 4.79 Å². The average molecular weight is 337 g/mol. The molecule has 1 amide bonds. The maximum atomic E-state index is 11.5. The van der Waals surface area contributed by atoms with Crippen LogP contribution in [0, 0.1) is 0 Å². The second-order valence-corrected chi connectivity index (χ2v) is 6.18. The topological polar surface area (TPSA) is 75.9 Å². The van der Waals surface area contributed by atoms with Crippen LogP contribution >= 0.6 is 11.8 Å². The van der Waals surface area contributed by atoms with E-state index in [2.05, 4.69) is 10.3 Å². The van der Waals surface area contributed by atoms with Gasteiger partial charge in [-0.05, 0) is 25.0 Å². The van der Waals surface area contributed by atoms with Crippen LogP contribution in [0.3, 0.4) is 0 Å². The summed E-state index contributed by atoms with van der Waals surface area (Å²) in [4.78, 5) is 15.8. The number of carbonyl (C=O) groups is 1. The molecule has 2 heterocycles. The van der Waals surface area contributed by atoms with E-state index in [4.69, 9.17) is 9.84 Å². The number of aromatic nitrogens is 2. The molecule has 23 heavy (non-hydrogen) atoms. The van der Waals surface area contributed by atoms with Gasteiger partial charge in [-0.3, -0.25) is 4.40 Å². The predicted molar refractivity (Wildman–Crippen MR) is 90.8 cm³/mol. The van der Waals surface area contributed by atoms with Crippen molar-refractivity contribution in [1.29, 1.82) is 0 Å². The van der Waals surface area contributed by atoms with Crippen molar-refractivity contribution < 1.29 is 14.6 Å². The van der Waals surface area contributed by atoms with Crippen molar-refractivity contribution in [3.05, 3.63) is 30.6 Å². The lowest BCUT2D eigenvalue weighted by atomic mass is 10.2. The number of thioether (sulfide) groups is 1. The van der Waals surface area contributed by atoms with E-state index in [1.807, 2.05) is 28.8 Å². The second kappa shape index (κ2) is 10.1. The molecule has 6 nitrogen and oxygen atoms in total. The second-order valence-electron chi connectivity index (χ2n) is 5.07. The van der Waals surface area contributed by atoms with E-state index < -0.39 is 0 Å². The average Bonchev–Trinajstić information content (AvgIpc) is 3.04. The Morgan fingerprint density at radius 1 is 1.30 bits per heavy atom. The van der Waals surface area contributed by atoms with Crippen molar-refractivity contribution >= 4 is 23.5 Å². The Balaban J connectivity index is 1.56. The number of hydrogen-bond donors (Lipinski definition) is 2. The first-order chi connectivity index (χ1) is 11.3. The number of aliphatic hydroxyl groups is 1.